The van der Waals surface area contributed by atoms with Gasteiger partial charge >= 0.3 is 0 Å². The zero-order valence-corrected chi connectivity index (χ0v) is 14.1. The van der Waals surface area contributed by atoms with Crippen LogP contribution in [-0.2, 0) is 0 Å². The highest BCUT2D eigenvalue weighted by Crippen LogP contribution is 2.28. The molecule has 0 unspecified atom stereocenters. The molecule has 2 N–H and O–H groups in total. The summed E-state index contributed by atoms with van der Waals surface area (Å²) in [5, 5.41) is 20.0. The number of hydrogen-bond donors (Lipinski definition) is 2. The van der Waals surface area contributed by atoms with Gasteiger partial charge in [-0.2, -0.15) is 0 Å². The molecule has 3 aromatic rings. The van der Waals surface area contributed by atoms with E-state index in [2.05, 4.69) is 23.1 Å². The SMILES string of the molecule is C=CC(=NC(=C)c1cccc(-c2ccccc2O)n1)c1ccccc1O. The molecule has 0 atom stereocenters. The standard InChI is InChI=1S/C22H18N2O2/c1-3-18(16-9-4-6-13-21(16)25)23-15(2)19-11-8-12-20(24-19)17-10-5-7-14-22(17)26/h3-14,25-26H,1-2H2. The fraction of sp³-hybridized carbons (Fsp3) is 0. The third kappa shape index (κ3) is 3.54. The Morgan fingerprint density at radius 3 is 2.27 bits per heavy atom. The first-order valence-corrected chi connectivity index (χ1v) is 8.04. The van der Waals surface area contributed by atoms with Gasteiger partial charge < -0.3 is 10.2 Å². The van der Waals surface area contributed by atoms with E-state index in [-0.39, 0.29) is 11.5 Å². The highest BCUT2D eigenvalue weighted by atomic mass is 16.3. The molecule has 2 aromatic carbocycles. The fourth-order valence-corrected chi connectivity index (χ4v) is 2.54. The molecule has 128 valence electrons. The number of para-hydroxylation sites is 2. The average Bonchev–Trinajstić information content (AvgIpc) is 2.67. The van der Waals surface area contributed by atoms with E-state index in [1.165, 1.54) is 0 Å². The minimum atomic E-state index is 0.120. The molecule has 0 amide bonds. The molecule has 26 heavy (non-hydrogen) atoms. The summed E-state index contributed by atoms with van der Waals surface area (Å²) in [6.07, 6.45) is 1.56. The van der Waals surface area contributed by atoms with E-state index >= 15 is 0 Å². The molecule has 1 heterocycles. The molecule has 0 saturated heterocycles. The van der Waals surface area contributed by atoms with Crippen molar-refractivity contribution in [3.05, 3.63) is 97.2 Å². The molecule has 0 aliphatic rings. The van der Waals surface area contributed by atoms with Crippen molar-refractivity contribution < 1.29 is 10.2 Å². The van der Waals surface area contributed by atoms with Crippen molar-refractivity contribution in [2.24, 2.45) is 4.99 Å². The van der Waals surface area contributed by atoms with Gasteiger partial charge in [-0.1, -0.05) is 43.5 Å². The van der Waals surface area contributed by atoms with Crippen LogP contribution < -0.4 is 0 Å². The van der Waals surface area contributed by atoms with E-state index < -0.39 is 0 Å². The van der Waals surface area contributed by atoms with Crippen molar-refractivity contribution in [1.82, 2.24) is 4.98 Å². The number of phenols is 2. The average molecular weight is 342 g/mol. The molecule has 0 fully saturated rings. The van der Waals surface area contributed by atoms with Crippen LogP contribution in [0, 0.1) is 0 Å². The van der Waals surface area contributed by atoms with Crippen molar-refractivity contribution in [2.75, 3.05) is 0 Å². The number of phenolic OH excluding ortho intramolecular Hbond substituents is 2. The quantitative estimate of drug-likeness (QED) is 0.654. The van der Waals surface area contributed by atoms with E-state index in [0.717, 1.165) is 0 Å². The van der Waals surface area contributed by atoms with Crippen molar-refractivity contribution in [3.63, 3.8) is 0 Å². The van der Waals surface area contributed by atoms with E-state index in [0.29, 0.717) is 33.9 Å². The summed E-state index contributed by atoms with van der Waals surface area (Å²) in [5.41, 5.74) is 3.33. The lowest BCUT2D eigenvalue weighted by molar-refractivity contribution is 0.474. The number of aromatic hydroxyl groups is 2. The number of allylic oxidation sites excluding steroid dienone is 1. The predicted molar refractivity (Wildman–Crippen MR) is 105 cm³/mol. The fourth-order valence-electron chi connectivity index (χ4n) is 2.54. The van der Waals surface area contributed by atoms with Crippen molar-refractivity contribution in [2.45, 2.75) is 0 Å². The van der Waals surface area contributed by atoms with Crippen LogP contribution in [0.5, 0.6) is 11.5 Å². The Morgan fingerprint density at radius 1 is 0.885 bits per heavy atom. The lowest BCUT2D eigenvalue weighted by Gasteiger charge is -2.08. The van der Waals surface area contributed by atoms with Crippen molar-refractivity contribution >= 4 is 11.4 Å². The van der Waals surface area contributed by atoms with Crippen LogP contribution in [0.2, 0.25) is 0 Å². The molecule has 1 aromatic heterocycles. The maximum atomic E-state index is 10.0. The molecule has 4 nitrogen and oxygen atoms in total. The van der Waals surface area contributed by atoms with E-state index in [1.54, 1.807) is 48.5 Å². The number of aromatic nitrogens is 1. The van der Waals surface area contributed by atoms with Gasteiger partial charge in [0.25, 0.3) is 0 Å². The molecule has 4 heteroatoms. The molecular weight excluding hydrogens is 324 g/mol. The zero-order valence-electron chi connectivity index (χ0n) is 14.1. The van der Waals surface area contributed by atoms with Gasteiger partial charge in [-0.05, 0) is 42.5 Å². The summed E-state index contributed by atoms with van der Waals surface area (Å²) in [5.74, 6) is 0.280. The van der Waals surface area contributed by atoms with Gasteiger partial charge in [0.1, 0.15) is 11.5 Å². The first-order valence-electron chi connectivity index (χ1n) is 8.04. The summed E-state index contributed by atoms with van der Waals surface area (Å²) in [6, 6.07) is 19.4. The minimum Gasteiger partial charge on any atom is -0.507 e. The van der Waals surface area contributed by atoms with Gasteiger partial charge in [0, 0.05) is 11.1 Å². The maximum absolute atomic E-state index is 10.0. The summed E-state index contributed by atoms with van der Waals surface area (Å²) in [6.45, 7) is 7.75. The number of nitrogens with zero attached hydrogens (tertiary/aromatic N) is 2. The van der Waals surface area contributed by atoms with E-state index in [1.807, 2.05) is 24.3 Å². The first kappa shape index (κ1) is 17.2. The molecule has 3 rings (SSSR count). The lowest BCUT2D eigenvalue weighted by atomic mass is 10.1. The maximum Gasteiger partial charge on any atom is 0.124 e. The Labute approximate surface area is 152 Å². The monoisotopic (exact) mass is 342 g/mol. The van der Waals surface area contributed by atoms with Crippen LogP contribution in [0.3, 0.4) is 0 Å². The first-order chi connectivity index (χ1) is 12.6. The largest absolute Gasteiger partial charge is 0.507 e. The predicted octanol–water partition coefficient (Wildman–Crippen LogP) is 4.81. The van der Waals surface area contributed by atoms with Gasteiger partial charge in [-0.3, -0.25) is 0 Å². The van der Waals surface area contributed by atoms with Crippen LogP contribution in [0.15, 0.2) is 91.0 Å². The van der Waals surface area contributed by atoms with Gasteiger partial charge in [-0.15, -0.1) is 0 Å². The Hall–Kier alpha value is -3.66. The molecule has 0 spiro atoms. The number of aliphatic imine (C=N–C) groups is 1. The minimum absolute atomic E-state index is 0.120. The highest BCUT2D eigenvalue weighted by molar-refractivity contribution is 6.12. The Kier molecular flexibility index (Phi) is 4.94. The van der Waals surface area contributed by atoms with Gasteiger partial charge in [0.2, 0.25) is 0 Å². The molecule has 0 saturated carbocycles. The van der Waals surface area contributed by atoms with Crippen molar-refractivity contribution in [3.8, 4) is 22.8 Å². The van der Waals surface area contributed by atoms with Crippen molar-refractivity contribution in [1.29, 1.82) is 0 Å². The van der Waals surface area contributed by atoms with Crippen LogP contribution in [0.1, 0.15) is 11.3 Å². The van der Waals surface area contributed by atoms with E-state index in [9.17, 15) is 10.2 Å². The second-order valence-corrected chi connectivity index (χ2v) is 5.59. The summed E-state index contributed by atoms with van der Waals surface area (Å²) >= 11 is 0. The van der Waals surface area contributed by atoms with Crippen LogP contribution in [0.25, 0.3) is 17.0 Å². The van der Waals surface area contributed by atoms with E-state index in [4.69, 9.17) is 0 Å². The number of hydrogen-bond acceptors (Lipinski definition) is 4. The number of rotatable bonds is 5. The van der Waals surface area contributed by atoms with Gasteiger partial charge in [0.05, 0.1) is 22.8 Å². The summed E-state index contributed by atoms with van der Waals surface area (Å²) < 4.78 is 0. The Morgan fingerprint density at radius 2 is 1.58 bits per heavy atom. The Balaban J connectivity index is 1.98. The highest BCUT2D eigenvalue weighted by Gasteiger charge is 2.09. The molecule has 0 aliphatic heterocycles. The normalized spacial score (nSPS) is 11.2. The number of benzene rings is 2. The smallest absolute Gasteiger partial charge is 0.124 e. The van der Waals surface area contributed by atoms with Crippen LogP contribution in [0.4, 0.5) is 0 Å². The van der Waals surface area contributed by atoms with Crippen LogP contribution in [-0.4, -0.2) is 20.9 Å². The third-order valence-electron chi connectivity index (χ3n) is 3.85. The molecule has 0 bridgehead atoms. The topological polar surface area (TPSA) is 65.7 Å². The molecular formula is C22H18N2O2. The second-order valence-electron chi connectivity index (χ2n) is 5.59. The van der Waals surface area contributed by atoms with Gasteiger partial charge in [0.15, 0.2) is 0 Å². The summed E-state index contributed by atoms with van der Waals surface area (Å²) in [7, 11) is 0. The van der Waals surface area contributed by atoms with Crippen LogP contribution >= 0.6 is 0 Å². The molecule has 0 radical (unpaired) electrons. The lowest BCUT2D eigenvalue weighted by Crippen LogP contribution is -1.98. The van der Waals surface area contributed by atoms with Gasteiger partial charge in [-0.25, -0.2) is 9.98 Å². The second kappa shape index (κ2) is 7.49. The summed E-state index contributed by atoms with van der Waals surface area (Å²) in [4.78, 5) is 9.02. The molecule has 0 aliphatic carbocycles. The Bertz CT molecular complexity index is 1010. The zero-order chi connectivity index (χ0) is 18.5. The number of pyridine rings is 1. The third-order valence-corrected chi connectivity index (χ3v) is 3.85.